The molecule has 4 nitrogen and oxygen atoms in total. The largest absolute Gasteiger partial charge is 0.494 e. The number of benzene rings is 1. The van der Waals surface area contributed by atoms with E-state index < -0.39 is 0 Å². The second-order valence-electron chi connectivity index (χ2n) is 5.37. The molecule has 0 saturated carbocycles. The number of hydrogen-bond acceptors (Lipinski definition) is 4. The summed E-state index contributed by atoms with van der Waals surface area (Å²) >= 11 is 1.46. The van der Waals surface area contributed by atoms with Crippen LogP contribution in [0.4, 0.5) is 5.69 Å². The fourth-order valence-electron chi connectivity index (χ4n) is 1.74. The van der Waals surface area contributed by atoms with Gasteiger partial charge in [0.2, 0.25) is 5.91 Å². The van der Waals surface area contributed by atoms with E-state index in [4.69, 9.17) is 10.5 Å². The molecule has 0 aliphatic carbocycles. The summed E-state index contributed by atoms with van der Waals surface area (Å²) in [6, 6.07) is 5.55. The number of carbonyl (C=O) groups is 1. The van der Waals surface area contributed by atoms with E-state index in [9.17, 15) is 4.79 Å². The molecule has 1 rings (SSSR count). The first kappa shape index (κ1) is 17.7. The molecule has 3 N–H and O–H groups in total. The Morgan fingerprint density at radius 3 is 2.71 bits per heavy atom. The molecule has 1 unspecified atom stereocenters. The molecule has 1 aromatic rings. The van der Waals surface area contributed by atoms with Gasteiger partial charge in [0.1, 0.15) is 5.75 Å². The van der Waals surface area contributed by atoms with Crippen LogP contribution in [0.2, 0.25) is 0 Å². The summed E-state index contributed by atoms with van der Waals surface area (Å²) in [5, 5.41) is 2.78. The van der Waals surface area contributed by atoms with Crippen LogP contribution in [0.25, 0.3) is 0 Å². The fraction of sp³-hybridized carbons (Fsp3) is 0.562. The lowest BCUT2D eigenvalue weighted by molar-refractivity contribution is -0.120. The van der Waals surface area contributed by atoms with Crippen LogP contribution in [-0.2, 0) is 4.79 Å². The highest BCUT2D eigenvalue weighted by Gasteiger charge is 2.16. The molecule has 1 atom stereocenters. The number of ether oxygens (including phenoxy) is 1. The van der Waals surface area contributed by atoms with Crippen molar-refractivity contribution in [2.45, 2.75) is 44.3 Å². The highest BCUT2D eigenvalue weighted by molar-refractivity contribution is 8.00. The van der Waals surface area contributed by atoms with Crippen molar-refractivity contribution in [2.75, 3.05) is 18.9 Å². The van der Waals surface area contributed by atoms with Gasteiger partial charge in [-0.25, -0.2) is 0 Å². The minimum Gasteiger partial charge on any atom is -0.494 e. The van der Waals surface area contributed by atoms with Gasteiger partial charge in [0, 0.05) is 17.1 Å². The summed E-state index contributed by atoms with van der Waals surface area (Å²) in [6.45, 7) is 9.44. The molecule has 1 amide bonds. The van der Waals surface area contributed by atoms with Crippen LogP contribution in [0, 0.1) is 5.92 Å². The van der Waals surface area contributed by atoms with Crippen LogP contribution in [-0.4, -0.2) is 24.3 Å². The average molecular weight is 310 g/mol. The fourth-order valence-corrected chi connectivity index (χ4v) is 2.70. The van der Waals surface area contributed by atoms with Gasteiger partial charge in [0.05, 0.1) is 11.9 Å². The Morgan fingerprint density at radius 2 is 2.10 bits per heavy atom. The van der Waals surface area contributed by atoms with Crippen molar-refractivity contribution >= 4 is 23.4 Å². The number of nitrogens with one attached hydrogen (secondary N) is 1. The van der Waals surface area contributed by atoms with Gasteiger partial charge >= 0.3 is 0 Å². The Bertz CT molecular complexity index is 464. The summed E-state index contributed by atoms with van der Waals surface area (Å²) in [5.74, 6) is 1.41. The van der Waals surface area contributed by atoms with Gasteiger partial charge < -0.3 is 15.8 Å². The molecule has 5 heteroatoms. The predicted octanol–water partition coefficient (Wildman–Crippen LogP) is 3.31. The molecule has 0 fully saturated rings. The molecule has 0 heterocycles. The van der Waals surface area contributed by atoms with Gasteiger partial charge in [-0.15, -0.1) is 11.8 Å². The molecule has 0 aliphatic rings. The third-order valence-corrected chi connectivity index (χ3v) is 4.17. The van der Waals surface area contributed by atoms with E-state index >= 15 is 0 Å². The molecule has 0 aliphatic heterocycles. The van der Waals surface area contributed by atoms with Crippen LogP contribution in [0.3, 0.4) is 0 Å². The predicted molar refractivity (Wildman–Crippen MR) is 89.8 cm³/mol. The van der Waals surface area contributed by atoms with Crippen LogP contribution in [0.5, 0.6) is 5.75 Å². The Balaban J connectivity index is 2.58. The zero-order valence-electron chi connectivity index (χ0n) is 13.3. The minimum absolute atomic E-state index is 0.0434. The van der Waals surface area contributed by atoms with E-state index in [1.165, 1.54) is 11.8 Å². The van der Waals surface area contributed by atoms with Crippen molar-refractivity contribution in [3.05, 3.63) is 18.2 Å². The maximum Gasteiger partial charge on any atom is 0.233 e. The third kappa shape index (κ3) is 6.29. The Labute approximate surface area is 131 Å². The molecule has 1 aromatic carbocycles. The van der Waals surface area contributed by atoms with Gasteiger partial charge in [0.25, 0.3) is 0 Å². The number of hydrogen-bond donors (Lipinski definition) is 2. The first-order chi connectivity index (χ1) is 9.93. The van der Waals surface area contributed by atoms with Gasteiger partial charge in [-0.2, -0.15) is 0 Å². The summed E-state index contributed by atoms with van der Waals surface area (Å²) in [6.07, 6.45) is 0.991. The van der Waals surface area contributed by atoms with Crippen molar-refractivity contribution in [2.24, 2.45) is 5.92 Å². The molecular weight excluding hydrogens is 284 g/mol. The zero-order chi connectivity index (χ0) is 15.8. The number of nitrogens with two attached hydrogens (primary N) is 1. The van der Waals surface area contributed by atoms with Crippen molar-refractivity contribution in [3.8, 4) is 5.75 Å². The van der Waals surface area contributed by atoms with E-state index in [1.807, 2.05) is 32.0 Å². The van der Waals surface area contributed by atoms with E-state index in [0.717, 1.165) is 23.6 Å². The quantitative estimate of drug-likeness (QED) is 0.571. The van der Waals surface area contributed by atoms with Crippen molar-refractivity contribution in [1.82, 2.24) is 5.32 Å². The molecule has 0 spiro atoms. The highest BCUT2D eigenvalue weighted by Crippen LogP contribution is 2.32. The lowest BCUT2D eigenvalue weighted by atomic mass is 10.1. The van der Waals surface area contributed by atoms with E-state index in [2.05, 4.69) is 19.2 Å². The molecule has 0 radical (unpaired) electrons. The van der Waals surface area contributed by atoms with Crippen LogP contribution >= 0.6 is 11.8 Å². The monoisotopic (exact) mass is 310 g/mol. The lowest BCUT2D eigenvalue weighted by Gasteiger charge is -2.15. The Morgan fingerprint density at radius 1 is 1.38 bits per heavy atom. The summed E-state index contributed by atoms with van der Waals surface area (Å²) in [4.78, 5) is 12.9. The molecule has 21 heavy (non-hydrogen) atoms. The smallest absolute Gasteiger partial charge is 0.233 e. The van der Waals surface area contributed by atoms with E-state index in [0.29, 0.717) is 18.2 Å². The number of amides is 1. The standard InChI is InChI=1S/C16H26N2O2S/c1-5-20-13-6-7-14(17)15(10-13)21-12(4)16(19)18-9-8-11(2)3/h6-7,10-12H,5,8-9,17H2,1-4H3,(H,18,19). The van der Waals surface area contributed by atoms with Gasteiger partial charge in [-0.05, 0) is 44.4 Å². The number of carbonyl (C=O) groups excluding carboxylic acids is 1. The number of nitrogen functional groups attached to an aromatic ring is 1. The molecular formula is C16H26N2O2S. The van der Waals surface area contributed by atoms with Gasteiger partial charge in [0.15, 0.2) is 0 Å². The summed E-state index contributed by atoms with van der Waals surface area (Å²) in [5.41, 5.74) is 6.64. The number of thioether (sulfide) groups is 1. The van der Waals surface area contributed by atoms with Gasteiger partial charge in [-0.1, -0.05) is 13.8 Å². The van der Waals surface area contributed by atoms with E-state index in [-0.39, 0.29) is 11.2 Å². The summed E-state index contributed by atoms with van der Waals surface area (Å²) < 4.78 is 5.47. The highest BCUT2D eigenvalue weighted by atomic mass is 32.2. The average Bonchev–Trinajstić information content (AvgIpc) is 2.42. The molecule has 118 valence electrons. The zero-order valence-corrected chi connectivity index (χ0v) is 14.1. The van der Waals surface area contributed by atoms with Crippen LogP contribution in [0.1, 0.15) is 34.1 Å². The number of rotatable bonds is 8. The van der Waals surface area contributed by atoms with Crippen molar-refractivity contribution in [3.63, 3.8) is 0 Å². The van der Waals surface area contributed by atoms with Crippen LogP contribution in [0.15, 0.2) is 23.1 Å². The maximum atomic E-state index is 12.0. The topological polar surface area (TPSA) is 64.3 Å². The normalized spacial score (nSPS) is 12.2. The van der Waals surface area contributed by atoms with Gasteiger partial charge in [-0.3, -0.25) is 4.79 Å². The Kier molecular flexibility index (Phi) is 7.43. The molecule has 0 aromatic heterocycles. The van der Waals surface area contributed by atoms with Crippen LogP contribution < -0.4 is 15.8 Å². The molecule has 0 saturated heterocycles. The second kappa shape index (κ2) is 8.82. The number of anilines is 1. The van der Waals surface area contributed by atoms with Crippen molar-refractivity contribution < 1.29 is 9.53 Å². The van der Waals surface area contributed by atoms with E-state index in [1.54, 1.807) is 0 Å². The first-order valence-electron chi connectivity index (χ1n) is 7.40. The first-order valence-corrected chi connectivity index (χ1v) is 8.28. The van der Waals surface area contributed by atoms with Crippen molar-refractivity contribution in [1.29, 1.82) is 0 Å². The SMILES string of the molecule is CCOc1ccc(N)c(SC(C)C(=O)NCCC(C)C)c1. The molecule has 0 bridgehead atoms. The third-order valence-electron chi connectivity index (χ3n) is 2.99. The minimum atomic E-state index is -0.184. The second-order valence-corrected chi connectivity index (χ2v) is 6.75. The summed E-state index contributed by atoms with van der Waals surface area (Å²) in [7, 11) is 0. The lowest BCUT2D eigenvalue weighted by Crippen LogP contribution is -2.32. The maximum absolute atomic E-state index is 12.0. The Hall–Kier alpha value is -1.36.